The predicted octanol–water partition coefficient (Wildman–Crippen LogP) is 0.555. The van der Waals surface area contributed by atoms with E-state index in [9.17, 15) is 18.0 Å². The third-order valence-corrected chi connectivity index (χ3v) is 2.96. The summed E-state index contributed by atoms with van der Waals surface area (Å²) < 4.78 is 54.5. The summed E-state index contributed by atoms with van der Waals surface area (Å²) in [5.74, 6) is -1.92. The highest BCUT2D eigenvalue weighted by atomic mass is 19.4. The average Bonchev–Trinajstić information content (AvgIpc) is 2.45. The molecular formula is C11H14F3N3O4. The van der Waals surface area contributed by atoms with Crippen molar-refractivity contribution in [2.45, 2.75) is 18.8 Å². The lowest BCUT2D eigenvalue weighted by Crippen LogP contribution is -2.55. The van der Waals surface area contributed by atoms with Gasteiger partial charge in [-0.05, 0) is 0 Å². The van der Waals surface area contributed by atoms with Gasteiger partial charge < -0.3 is 19.1 Å². The van der Waals surface area contributed by atoms with E-state index in [2.05, 4.69) is 14.7 Å². The van der Waals surface area contributed by atoms with E-state index in [1.54, 1.807) is 0 Å². The maximum Gasteiger partial charge on any atom is 0.446 e. The van der Waals surface area contributed by atoms with Crippen LogP contribution in [0, 0.1) is 0 Å². The highest BCUT2D eigenvalue weighted by Gasteiger charge is 2.65. The quantitative estimate of drug-likeness (QED) is 0.662. The molecule has 2 aliphatic heterocycles. The van der Waals surface area contributed by atoms with Crippen LogP contribution in [0.4, 0.5) is 13.2 Å². The molecule has 2 rings (SSSR count). The van der Waals surface area contributed by atoms with Gasteiger partial charge in [0.1, 0.15) is 0 Å². The fourth-order valence-electron chi connectivity index (χ4n) is 1.94. The van der Waals surface area contributed by atoms with E-state index in [1.165, 1.54) is 11.8 Å². The Morgan fingerprint density at radius 3 is 2.48 bits per heavy atom. The van der Waals surface area contributed by atoms with Crippen molar-refractivity contribution in [1.29, 1.82) is 0 Å². The molecule has 1 atom stereocenters. The number of nitrogens with zero attached hydrogens (tertiary/aromatic N) is 3. The first kappa shape index (κ1) is 15.5. The van der Waals surface area contributed by atoms with Gasteiger partial charge >= 0.3 is 17.8 Å². The third kappa shape index (κ3) is 2.80. The summed E-state index contributed by atoms with van der Waals surface area (Å²) in [5, 5.41) is 0. The Morgan fingerprint density at radius 2 is 1.95 bits per heavy atom. The van der Waals surface area contributed by atoms with E-state index in [1.807, 2.05) is 0 Å². The van der Waals surface area contributed by atoms with Crippen LogP contribution in [-0.2, 0) is 19.0 Å². The summed E-state index contributed by atoms with van der Waals surface area (Å²) in [6, 6.07) is -0.312. The summed E-state index contributed by atoms with van der Waals surface area (Å²) in [6.07, 6.45) is -5.04. The number of morpholine rings is 1. The molecule has 0 saturated carbocycles. The molecule has 2 aliphatic rings. The highest BCUT2D eigenvalue weighted by molar-refractivity contribution is 5.97. The number of amidine groups is 1. The van der Waals surface area contributed by atoms with Crippen LogP contribution in [0.25, 0.3) is 0 Å². The van der Waals surface area contributed by atoms with Gasteiger partial charge in [0.25, 0.3) is 6.02 Å². The Morgan fingerprint density at radius 1 is 1.33 bits per heavy atom. The molecule has 7 nitrogen and oxygen atoms in total. The number of rotatable bonds is 1. The lowest BCUT2D eigenvalue weighted by molar-refractivity contribution is -0.202. The Balaban J connectivity index is 2.44. The molecule has 0 radical (unpaired) electrons. The van der Waals surface area contributed by atoms with Crippen LogP contribution in [0.5, 0.6) is 0 Å². The number of hydrogen-bond acceptors (Lipinski definition) is 7. The molecule has 1 unspecified atom stereocenters. The number of alkyl halides is 3. The summed E-state index contributed by atoms with van der Waals surface area (Å²) >= 11 is 0. The Bertz CT molecular complexity index is 486. The highest BCUT2D eigenvalue weighted by Crippen LogP contribution is 2.38. The maximum absolute atomic E-state index is 13.3. The predicted molar refractivity (Wildman–Crippen MR) is 64.8 cm³/mol. The Hall–Kier alpha value is -1.84. The van der Waals surface area contributed by atoms with Gasteiger partial charge in [0.05, 0.1) is 20.3 Å². The smallest absolute Gasteiger partial charge is 0.446 e. The zero-order valence-corrected chi connectivity index (χ0v) is 11.4. The fourth-order valence-corrected chi connectivity index (χ4v) is 1.94. The van der Waals surface area contributed by atoms with E-state index in [4.69, 9.17) is 9.47 Å². The Labute approximate surface area is 118 Å². The molecule has 0 aromatic heterocycles. The normalized spacial score (nSPS) is 26.6. The van der Waals surface area contributed by atoms with Gasteiger partial charge in [0, 0.05) is 20.0 Å². The second kappa shape index (κ2) is 5.51. The third-order valence-electron chi connectivity index (χ3n) is 2.96. The SMILES string of the molecule is COC(=O)C1(C(F)(F)F)N=C(C)OC(N2CCOCC2)=N1. The van der Waals surface area contributed by atoms with E-state index in [-0.39, 0.29) is 11.9 Å². The number of halogens is 3. The molecule has 1 saturated heterocycles. The van der Waals surface area contributed by atoms with Gasteiger partial charge in [-0.3, -0.25) is 0 Å². The lowest BCUT2D eigenvalue weighted by Gasteiger charge is -2.34. The van der Waals surface area contributed by atoms with Crippen molar-refractivity contribution in [2.75, 3.05) is 33.4 Å². The molecule has 0 aromatic carbocycles. The van der Waals surface area contributed by atoms with Crippen molar-refractivity contribution in [3.05, 3.63) is 0 Å². The number of carbonyl (C=O) groups excluding carboxylic acids is 1. The molecule has 0 bridgehead atoms. The summed E-state index contributed by atoms with van der Waals surface area (Å²) in [7, 11) is 0.847. The minimum absolute atomic E-state index is 0.307. The second-order valence-corrected chi connectivity index (χ2v) is 4.39. The van der Waals surface area contributed by atoms with Gasteiger partial charge in [-0.2, -0.15) is 18.2 Å². The standard InChI is InChI=1S/C11H14F3N3O4/c1-7-15-10(8(18)19-2,11(12,13)14)16-9(21-7)17-3-5-20-6-4-17/h3-6H2,1-2H3. The number of hydrogen-bond donors (Lipinski definition) is 0. The number of ether oxygens (including phenoxy) is 3. The monoisotopic (exact) mass is 309 g/mol. The fraction of sp³-hybridized carbons (Fsp3) is 0.727. The van der Waals surface area contributed by atoms with E-state index >= 15 is 0 Å². The Kier molecular flexibility index (Phi) is 4.08. The number of carbonyl (C=O) groups is 1. The lowest BCUT2D eigenvalue weighted by atomic mass is 10.1. The van der Waals surface area contributed by atoms with Crippen LogP contribution in [0.3, 0.4) is 0 Å². The number of esters is 1. The minimum atomic E-state index is -5.04. The van der Waals surface area contributed by atoms with E-state index in [0.29, 0.717) is 26.3 Å². The van der Waals surface area contributed by atoms with Gasteiger partial charge in [-0.15, -0.1) is 0 Å². The van der Waals surface area contributed by atoms with Crippen molar-refractivity contribution in [2.24, 2.45) is 9.98 Å². The van der Waals surface area contributed by atoms with Crippen molar-refractivity contribution in [1.82, 2.24) is 4.90 Å². The molecule has 0 N–H and O–H groups in total. The number of methoxy groups -OCH3 is 1. The molecular weight excluding hydrogens is 295 g/mol. The summed E-state index contributed by atoms with van der Waals surface area (Å²) in [4.78, 5) is 19.8. The molecule has 0 amide bonds. The molecule has 10 heteroatoms. The van der Waals surface area contributed by atoms with Crippen molar-refractivity contribution in [3.8, 4) is 0 Å². The zero-order chi connectivity index (χ0) is 15.7. The van der Waals surface area contributed by atoms with Gasteiger partial charge in [-0.25, -0.2) is 9.79 Å². The van der Waals surface area contributed by atoms with Crippen LogP contribution in [0.2, 0.25) is 0 Å². The average molecular weight is 309 g/mol. The molecule has 2 heterocycles. The van der Waals surface area contributed by atoms with E-state index < -0.39 is 17.8 Å². The first-order chi connectivity index (χ1) is 9.80. The summed E-state index contributed by atoms with van der Waals surface area (Å²) in [6.45, 7) is 2.49. The first-order valence-electron chi connectivity index (χ1n) is 6.12. The van der Waals surface area contributed by atoms with Gasteiger partial charge in [0.2, 0.25) is 0 Å². The van der Waals surface area contributed by atoms with E-state index in [0.717, 1.165) is 7.11 Å². The topological polar surface area (TPSA) is 72.7 Å². The molecule has 1 fully saturated rings. The number of aliphatic imine (C=N–C) groups is 2. The van der Waals surface area contributed by atoms with Crippen LogP contribution in [0.1, 0.15) is 6.92 Å². The van der Waals surface area contributed by atoms with Crippen molar-refractivity contribution < 1.29 is 32.2 Å². The van der Waals surface area contributed by atoms with Crippen molar-refractivity contribution >= 4 is 17.9 Å². The zero-order valence-electron chi connectivity index (χ0n) is 11.4. The minimum Gasteiger partial charge on any atom is -0.465 e. The molecule has 0 aromatic rings. The molecule has 0 spiro atoms. The largest absolute Gasteiger partial charge is 0.465 e. The maximum atomic E-state index is 13.3. The van der Waals surface area contributed by atoms with Crippen LogP contribution < -0.4 is 0 Å². The molecule has 0 aliphatic carbocycles. The molecule has 118 valence electrons. The summed E-state index contributed by atoms with van der Waals surface area (Å²) in [5.41, 5.74) is -3.32. The van der Waals surface area contributed by atoms with Crippen LogP contribution >= 0.6 is 0 Å². The first-order valence-corrected chi connectivity index (χ1v) is 6.12. The second-order valence-electron chi connectivity index (χ2n) is 4.39. The van der Waals surface area contributed by atoms with Gasteiger partial charge in [0.15, 0.2) is 5.90 Å². The van der Waals surface area contributed by atoms with Gasteiger partial charge in [-0.1, -0.05) is 0 Å². The van der Waals surface area contributed by atoms with Crippen LogP contribution in [-0.4, -0.2) is 68.0 Å². The molecule has 21 heavy (non-hydrogen) atoms. The van der Waals surface area contributed by atoms with Crippen LogP contribution in [0.15, 0.2) is 9.98 Å². The van der Waals surface area contributed by atoms with Crippen molar-refractivity contribution in [3.63, 3.8) is 0 Å².